The second-order valence-corrected chi connectivity index (χ2v) is 8.71. The van der Waals surface area contributed by atoms with Crippen LogP contribution in [0.15, 0.2) is 30.3 Å². The first-order valence-corrected chi connectivity index (χ1v) is 11.0. The number of pyridine rings is 1. The Morgan fingerprint density at radius 1 is 1.25 bits per heavy atom. The van der Waals surface area contributed by atoms with Gasteiger partial charge in [-0.2, -0.15) is 0 Å². The largest absolute Gasteiger partial charge is 0.395 e. The highest BCUT2D eigenvalue weighted by molar-refractivity contribution is 5.98. The lowest BCUT2D eigenvalue weighted by Crippen LogP contribution is -2.51. The van der Waals surface area contributed by atoms with E-state index in [4.69, 9.17) is 5.11 Å². The number of aromatic nitrogens is 1. The number of nitrogens with zero attached hydrogens (tertiary/aromatic N) is 2. The molecule has 4 rings (SSSR count). The molecule has 0 unspecified atom stereocenters. The Bertz CT molecular complexity index is 1040. The van der Waals surface area contributed by atoms with Crippen molar-refractivity contribution >= 4 is 23.3 Å². The summed E-state index contributed by atoms with van der Waals surface area (Å²) < 4.78 is 13.8. The van der Waals surface area contributed by atoms with E-state index in [1.807, 2.05) is 11.0 Å². The van der Waals surface area contributed by atoms with Crippen molar-refractivity contribution in [3.05, 3.63) is 53.0 Å². The summed E-state index contributed by atoms with van der Waals surface area (Å²) in [6, 6.07) is 8.14. The van der Waals surface area contributed by atoms with Gasteiger partial charge in [0, 0.05) is 36.7 Å². The number of rotatable bonds is 6. The van der Waals surface area contributed by atoms with Crippen molar-refractivity contribution < 1.29 is 19.1 Å². The number of fused-ring (bicyclic) bond motifs is 1. The summed E-state index contributed by atoms with van der Waals surface area (Å²) in [7, 11) is 0. The molecular formula is C24H29FN4O3. The van der Waals surface area contributed by atoms with E-state index < -0.39 is 0 Å². The Balaban J connectivity index is 1.78. The Morgan fingerprint density at radius 3 is 2.62 bits per heavy atom. The fourth-order valence-corrected chi connectivity index (χ4v) is 4.76. The van der Waals surface area contributed by atoms with Gasteiger partial charge < -0.3 is 20.6 Å². The predicted molar refractivity (Wildman–Crippen MR) is 120 cm³/mol. The van der Waals surface area contributed by atoms with E-state index in [0.29, 0.717) is 23.0 Å². The number of amides is 2. The molecule has 170 valence electrons. The van der Waals surface area contributed by atoms with Crippen molar-refractivity contribution in [1.82, 2.24) is 10.3 Å². The van der Waals surface area contributed by atoms with Crippen LogP contribution in [0.25, 0.3) is 0 Å². The molecule has 0 radical (unpaired) electrons. The summed E-state index contributed by atoms with van der Waals surface area (Å²) in [5.74, 6) is 0.342. The van der Waals surface area contributed by atoms with Crippen LogP contribution >= 0.6 is 0 Å². The highest BCUT2D eigenvalue weighted by Crippen LogP contribution is 2.50. The quantitative estimate of drug-likeness (QED) is 0.641. The summed E-state index contributed by atoms with van der Waals surface area (Å²) in [5.41, 5.74) is 2.36. The average Bonchev–Trinajstić information content (AvgIpc) is 3.60. The van der Waals surface area contributed by atoms with Gasteiger partial charge >= 0.3 is 0 Å². The molecule has 2 heterocycles. The first-order chi connectivity index (χ1) is 15.3. The van der Waals surface area contributed by atoms with Gasteiger partial charge in [-0.3, -0.25) is 9.59 Å². The topological polar surface area (TPSA) is 94.6 Å². The van der Waals surface area contributed by atoms with Gasteiger partial charge in [0.1, 0.15) is 11.6 Å². The second kappa shape index (κ2) is 8.86. The summed E-state index contributed by atoms with van der Waals surface area (Å²) in [4.78, 5) is 31.4. The molecule has 0 spiro atoms. The van der Waals surface area contributed by atoms with Gasteiger partial charge in [0.15, 0.2) is 0 Å². The van der Waals surface area contributed by atoms with Crippen molar-refractivity contribution in [2.45, 2.75) is 45.7 Å². The minimum absolute atomic E-state index is 0.0262. The van der Waals surface area contributed by atoms with E-state index in [1.54, 1.807) is 32.0 Å². The first kappa shape index (κ1) is 22.2. The molecule has 1 aromatic heterocycles. The molecule has 3 atom stereocenters. The normalized spacial score (nSPS) is 22.3. The van der Waals surface area contributed by atoms with Gasteiger partial charge in [0.25, 0.3) is 5.91 Å². The Morgan fingerprint density at radius 2 is 2.00 bits per heavy atom. The molecule has 0 saturated heterocycles. The molecule has 0 bridgehead atoms. The lowest BCUT2D eigenvalue weighted by Gasteiger charge is -2.46. The Kier molecular flexibility index (Phi) is 6.15. The Labute approximate surface area is 187 Å². The number of hydrogen-bond donors (Lipinski definition) is 3. The minimum atomic E-state index is -0.367. The number of halogens is 1. The van der Waals surface area contributed by atoms with E-state index in [9.17, 15) is 14.0 Å². The first-order valence-electron chi connectivity index (χ1n) is 11.0. The van der Waals surface area contributed by atoms with E-state index in [2.05, 4.69) is 22.5 Å². The maximum Gasteiger partial charge on any atom is 0.251 e. The van der Waals surface area contributed by atoms with Crippen molar-refractivity contribution in [2.75, 3.05) is 23.4 Å². The molecule has 2 amide bonds. The van der Waals surface area contributed by atoms with Gasteiger partial charge in [-0.15, -0.1) is 0 Å². The zero-order valence-corrected chi connectivity index (χ0v) is 18.6. The molecule has 1 fully saturated rings. The monoisotopic (exact) mass is 440 g/mol. The maximum atomic E-state index is 13.8. The number of hydrogen-bond acceptors (Lipinski definition) is 5. The van der Waals surface area contributed by atoms with E-state index >= 15 is 0 Å². The summed E-state index contributed by atoms with van der Waals surface area (Å²) in [6.45, 7) is 5.32. The standard InChI is InChI=1S/C24H29FN4O3/c1-13-22(28-21-9-7-19(25)14(2)27-21)18-12-17(24(32)26-10-11-30)6-8-20(18)29(15(3)31)23(13)16-4-5-16/h6-9,12-13,16,22-23,30H,4-5,10-11H2,1-3H3,(H,26,32)(H,27,28)/t13-,22-,23-/m1/s1. The number of benzene rings is 1. The molecule has 8 heteroatoms. The molecule has 2 aliphatic rings. The van der Waals surface area contributed by atoms with Gasteiger partial charge in [-0.25, -0.2) is 9.37 Å². The number of carbonyl (C=O) groups excluding carboxylic acids is 2. The Hall–Kier alpha value is -3.00. The van der Waals surface area contributed by atoms with E-state index in [0.717, 1.165) is 24.1 Å². The van der Waals surface area contributed by atoms with Crippen LogP contribution in [0, 0.1) is 24.6 Å². The van der Waals surface area contributed by atoms with Crippen molar-refractivity contribution in [2.24, 2.45) is 11.8 Å². The number of aryl methyl sites for hydroxylation is 1. The molecule has 7 nitrogen and oxygen atoms in total. The maximum absolute atomic E-state index is 13.8. The lowest BCUT2D eigenvalue weighted by molar-refractivity contribution is -0.117. The summed E-state index contributed by atoms with van der Waals surface area (Å²) >= 11 is 0. The highest BCUT2D eigenvalue weighted by Gasteiger charge is 2.47. The minimum Gasteiger partial charge on any atom is -0.395 e. The molecular weight excluding hydrogens is 411 g/mol. The lowest BCUT2D eigenvalue weighted by atomic mass is 9.79. The number of aliphatic hydroxyl groups is 1. The van der Waals surface area contributed by atoms with Crippen LogP contribution in [0.4, 0.5) is 15.9 Å². The number of carbonyl (C=O) groups is 2. The highest BCUT2D eigenvalue weighted by atomic mass is 19.1. The third kappa shape index (κ3) is 4.19. The van der Waals surface area contributed by atoms with Crippen LogP contribution in [-0.4, -0.2) is 41.1 Å². The van der Waals surface area contributed by atoms with Crippen molar-refractivity contribution in [3.63, 3.8) is 0 Å². The fraction of sp³-hybridized carbons (Fsp3) is 0.458. The second-order valence-electron chi connectivity index (χ2n) is 8.71. The molecule has 3 N–H and O–H groups in total. The van der Waals surface area contributed by atoms with Crippen molar-refractivity contribution in [3.8, 4) is 0 Å². The van der Waals surface area contributed by atoms with Gasteiger partial charge in [0.2, 0.25) is 5.91 Å². The fourth-order valence-electron chi connectivity index (χ4n) is 4.76. The molecule has 2 aromatic rings. The zero-order chi connectivity index (χ0) is 23.0. The summed E-state index contributed by atoms with van der Waals surface area (Å²) in [5, 5.41) is 15.1. The number of anilines is 2. The molecule has 1 aromatic carbocycles. The molecule has 32 heavy (non-hydrogen) atoms. The van der Waals surface area contributed by atoms with Crippen molar-refractivity contribution in [1.29, 1.82) is 0 Å². The summed E-state index contributed by atoms with van der Waals surface area (Å²) in [6.07, 6.45) is 2.16. The number of nitrogens with one attached hydrogen (secondary N) is 2. The van der Waals surface area contributed by atoms with Crippen LogP contribution in [0.5, 0.6) is 0 Å². The molecule has 1 aliphatic carbocycles. The van der Waals surface area contributed by atoms with Crippen LogP contribution in [0.3, 0.4) is 0 Å². The third-order valence-electron chi connectivity index (χ3n) is 6.41. The van der Waals surface area contributed by atoms with Crippen LogP contribution in [-0.2, 0) is 4.79 Å². The molecule has 1 aliphatic heterocycles. The predicted octanol–water partition coefficient (Wildman–Crippen LogP) is 3.19. The molecule has 1 saturated carbocycles. The average molecular weight is 441 g/mol. The van der Waals surface area contributed by atoms with Gasteiger partial charge in [-0.05, 0) is 61.6 Å². The number of aliphatic hydroxyl groups excluding tert-OH is 1. The van der Waals surface area contributed by atoms with Crippen LogP contribution < -0.4 is 15.5 Å². The van der Waals surface area contributed by atoms with Crippen LogP contribution in [0.1, 0.15) is 54.3 Å². The smallest absolute Gasteiger partial charge is 0.251 e. The van der Waals surface area contributed by atoms with Gasteiger partial charge in [-0.1, -0.05) is 6.92 Å². The van der Waals surface area contributed by atoms with Gasteiger partial charge in [0.05, 0.1) is 18.3 Å². The zero-order valence-electron chi connectivity index (χ0n) is 18.6. The van der Waals surface area contributed by atoms with Crippen LogP contribution in [0.2, 0.25) is 0 Å². The van der Waals surface area contributed by atoms with E-state index in [-0.39, 0.29) is 48.8 Å². The SMILES string of the molecule is CC(=O)N1c2ccc(C(=O)NCCO)cc2[C@H](Nc2ccc(F)c(C)n2)[C@@H](C)[C@@H]1C1CC1. The third-order valence-corrected chi connectivity index (χ3v) is 6.41. The van der Waals surface area contributed by atoms with E-state index in [1.165, 1.54) is 6.07 Å².